The van der Waals surface area contributed by atoms with Crippen LogP contribution in [-0.4, -0.2) is 23.8 Å². The Labute approximate surface area is 120 Å². The Morgan fingerprint density at radius 2 is 2.35 bits per heavy atom. The maximum Gasteiger partial charge on any atom is 0.281 e. The second-order valence-corrected chi connectivity index (χ2v) is 4.78. The average molecular weight is 290 g/mol. The molecule has 0 saturated heterocycles. The number of ether oxygens (including phenoxy) is 1. The first kappa shape index (κ1) is 14.1. The fraction of sp³-hybridized carbons (Fsp3) is 0.143. The third-order valence-corrected chi connectivity index (χ3v) is 3.30. The number of nitrogens with zero attached hydrogens (tertiary/aromatic N) is 1. The van der Waals surface area contributed by atoms with E-state index in [9.17, 15) is 9.90 Å². The van der Waals surface area contributed by atoms with Gasteiger partial charge in [0, 0.05) is 11.6 Å². The zero-order valence-electron chi connectivity index (χ0n) is 10.9. The number of carbonyl (C=O) groups excluding carboxylic acids is 1. The number of phenolic OH excluding ortho intramolecular Hbond substituents is 1. The van der Waals surface area contributed by atoms with Gasteiger partial charge in [0.25, 0.3) is 5.91 Å². The highest BCUT2D eigenvalue weighted by atomic mass is 32.1. The Morgan fingerprint density at radius 1 is 1.50 bits per heavy atom. The Morgan fingerprint density at radius 3 is 3.00 bits per heavy atom. The minimum absolute atomic E-state index is 0.0464. The molecule has 0 saturated carbocycles. The fourth-order valence-electron chi connectivity index (χ4n) is 1.51. The summed E-state index contributed by atoms with van der Waals surface area (Å²) in [6.45, 7) is 2.40. The summed E-state index contributed by atoms with van der Waals surface area (Å²) >= 11 is 1.34. The molecule has 104 valence electrons. The first-order chi connectivity index (χ1) is 9.70. The third-order valence-electron chi connectivity index (χ3n) is 2.43. The molecule has 0 aliphatic rings. The number of hydrogen-bond acceptors (Lipinski definition) is 5. The number of hydrogen-bond donors (Lipinski definition) is 2. The van der Waals surface area contributed by atoms with Crippen molar-refractivity contribution in [1.82, 2.24) is 5.43 Å². The van der Waals surface area contributed by atoms with Gasteiger partial charge in [0.05, 0.1) is 17.7 Å². The first-order valence-electron chi connectivity index (χ1n) is 6.03. The normalized spacial score (nSPS) is 10.7. The number of aromatic hydroxyl groups is 1. The lowest BCUT2D eigenvalue weighted by atomic mass is 10.2. The number of thiophene rings is 1. The van der Waals surface area contributed by atoms with Crippen LogP contribution in [0.3, 0.4) is 0 Å². The van der Waals surface area contributed by atoms with E-state index < -0.39 is 0 Å². The predicted molar refractivity (Wildman–Crippen MR) is 78.7 cm³/mol. The van der Waals surface area contributed by atoms with Gasteiger partial charge in [0.2, 0.25) is 0 Å². The van der Waals surface area contributed by atoms with E-state index in [-0.39, 0.29) is 11.7 Å². The molecule has 0 atom stereocenters. The molecular formula is C14H14N2O3S. The SMILES string of the molecule is CCOc1ccc(C=NNC(=O)c2cccs2)c(O)c1. The molecule has 1 aromatic carbocycles. The van der Waals surface area contributed by atoms with Crippen molar-refractivity contribution in [2.24, 2.45) is 5.10 Å². The maximum atomic E-state index is 11.6. The Balaban J connectivity index is 1.99. The molecule has 0 unspecified atom stereocenters. The second-order valence-electron chi connectivity index (χ2n) is 3.83. The van der Waals surface area contributed by atoms with E-state index in [4.69, 9.17) is 4.74 Å². The van der Waals surface area contributed by atoms with Gasteiger partial charge in [0.15, 0.2) is 0 Å². The van der Waals surface area contributed by atoms with Crippen LogP contribution in [0.1, 0.15) is 22.2 Å². The monoisotopic (exact) mass is 290 g/mol. The third kappa shape index (κ3) is 3.58. The highest BCUT2D eigenvalue weighted by Crippen LogP contribution is 2.22. The lowest BCUT2D eigenvalue weighted by molar-refractivity contribution is 0.0959. The summed E-state index contributed by atoms with van der Waals surface area (Å²) in [6.07, 6.45) is 1.39. The molecule has 2 aromatic rings. The van der Waals surface area contributed by atoms with Crippen LogP contribution in [0.25, 0.3) is 0 Å². The highest BCUT2D eigenvalue weighted by molar-refractivity contribution is 7.12. The largest absolute Gasteiger partial charge is 0.507 e. The van der Waals surface area contributed by atoms with Crippen LogP contribution < -0.4 is 10.2 Å². The molecule has 2 rings (SSSR count). The number of hydrazone groups is 1. The predicted octanol–water partition coefficient (Wildman–Crippen LogP) is 2.62. The Hall–Kier alpha value is -2.34. The number of carbonyl (C=O) groups is 1. The van der Waals surface area contributed by atoms with Gasteiger partial charge < -0.3 is 9.84 Å². The molecule has 1 heterocycles. The molecule has 2 N–H and O–H groups in total. The fourth-order valence-corrected chi connectivity index (χ4v) is 2.13. The Kier molecular flexibility index (Phi) is 4.73. The van der Waals surface area contributed by atoms with Crippen molar-refractivity contribution in [2.45, 2.75) is 6.92 Å². The average Bonchev–Trinajstić information content (AvgIpc) is 2.95. The van der Waals surface area contributed by atoms with Gasteiger partial charge >= 0.3 is 0 Å². The molecule has 0 aliphatic heterocycles. The molecule has 6 heteroatoms. The van der Waals surface area contributed by atoms with Gasteiger partial charge in [-0.3, -0.25) is 4.79 Å². The van der Waals surface area contributed by atoms with Gasteiger partial charge in [-0.1, -0.05) is 6.07 Å². The van der Waals surface area contributed by atoms with Crippen molar-refractivity contribution >= 4 is 23.5 Å². The smallest absolute Gasteiger partial charge is 0.281 e. The van der Waals surface area contributed by atoms with Crippen molar-refractivity contribution in [3.05, 3.63) is 46.2 Å². The van der Waals surface area contributed by atoms with E-state index in [2.05, 4.69) is 10.5 Å². The highest BCUT2D eigenvalue weighted by Gasteiger charge is 2.04. The van der Waals surface area contributed by atoms with Crippen LogP contribution in [0.15, 0.2) is 40.8 Å². The molecule has 1 amide bonds. The summed E-state index contributed by atoms with van der Waals surface area (Å²) in [4.78, 5) is 12.2. The van der Waals surface area contributed by atoms with Crippen LogP contribution in [0.4, 0.5) is 0 Å². The van der Waals surface area contributed by atoms with E-state index >= 15 is 0 Å². The number of rotatable bonds is 5. The molecule has 0 spiro atoms. The van der Waals surface area contributed by atoms with Crippen LogP contribution in [0.2, 0.25) is 0 Å². The summed E-state index contributed by atoms with van der Waals surface area (Å²) in [5, 5.41) is 15.4. The lowest BCUT2D eigenvalue weighted by Gasteiger charge is -2.04. The number of nitrogens with one attached hydrogen (secondary N) is 1. The topological polar surface area (TPSA) is 70.9 Å². The Bertz CT molecular complexity index is 609. The molecule has 1 aromatic heterocycles. The summed E-state index contributed by atoms with van der Waals surface area (Å²) in [6, 6.07) is 8.41. The first-order valence-corrected chi connectivity index (χ1v) is 6.91. The van der Waals surface area contributed by atoms with Crippen molar-refractivity contribution in [1.29, 1.82) is 0 Å². The minimum atomic E-state index is -0.276. The molecule has 20 heavy (non-hydrogen) atoms. The maximum absolute atomic E-state index is 11.6. The van der Waals surface area contributed by atoms with E-state index in [0.29, 0.717) is 22.8 Å². The minimum Gasteiger partial charge on any atom is -0.507 e. The van der Waals surface area contributed by atoms with Crippen LogP contribution >= 0.6 is 11.3 Å². The molecule has 5 nitrogen and oxygen atoms in total. The lowest BCUT2D eigenvalue weighted by Crippen LogP contribution is -2.16. The van der Waals surface area contributed by atoms with Crippen molar-refractivity contribution in [2.75, 3.05) is 6.61 Å². The van der Waals surface area contributed by atoms with Crippen LogP contribution in [-0.2, 0) is 0 Å². The number of benzene rings is 1. The standard InChI is InChI=1S/C14H14N2O3S/c1-2-19-11-6-5-10(12(17)8-11)9-15-16-14(18)13-4-3-7-20-13/h3-9,17H,2H2,1H3,(H,16,18). The van der Waals surface area contributed by atoms with Crippen molar-refractivity contribution in [3.8, 4) is 11.5 Å². The van der Waals surface area contributed by atoms with Crippen molar-refractivity contribution < 1.29 is 14.6 Å². The summed E-state index contributed by atoms with van der Waals surface area (Å²) in [5.41, 5.74) is 2.90. The number of phenols is 1. The molecule has 0 aliphatic carbocycles. The van der Waals surface area contributed by atoms with E-state index in [1.807, 2.05) is 12.3 Å². The van der Waals surface area contributed by atoms with Crippen molar-refractivity contribution in [3.63, 3.8) is 0 Å². The molecular weight excluding hydrogens is 276 g/mol. The van der Waals surface area contributed by atoms with Gasteiger partial charge in [0.1, 0.15) is 11.5 Å². The van der Waals surface area contributed by atoms with Crippen LogP contribution in [0, 0.1) is 0 Å². The van der Waals surface area contributed by atoms with Gasteiger partial charge in [-0.25, -0.2) is 5.43 Å². The number of amides is 1. The zero-order chi connectivity index (χ0) is 14.4. The van der Waals surface area contributed by atoms with Crippen LogP contribution in [0.5, 0.6) is 11.5 Å². The summed E-state index contributed by atoms with van der Waals surface area (Å²) in [5.74, 6) is 0.358. The molecule has 0 radical (unpaired) electrons. The van der Waals surface area contributed by atoms with Gasteiger partial charge in [-0.15, -0.1) is 11.3 Å². The zero-order valence-corrected chi connectivity index (χ0v) is 11.7. The van der Waals surface area contributed by atoms with E-state index in [1.54, 1.807) is 24.3 Å². The van der Waals surface area contributed by atoms with Gasteiger partial charge in [-0.05, 0) is 30.5 Å². The molecule has 0 fully saturated rings. The van der Waals surface area contributed by atoms with E-state index in [1.165, 1.54) is 23.6 Å². The summed E-state index contributed by atoms with van der Waals surface area (Å²) < 4.78 is 5.26. The quantitative estimate of drug-likeness (QED) is 0.657. The second kappa shape index (κ2) is 6.72. The van der Waals surface area contributed by atoms with E-state index in [0.717, 1.165) is 0 Å². The molecule has 0 bridgehead atoms. The van der Waals surface area contributed by atoms with Gasteiger partial charge in [-0.2, -0.15) is 5.10 Å². The summed E-state index contributed by atoms with van der Waals surface area (Å²) in [7, 11) is 0.